The van der Waals surface area contributed by atoms with Crippen molar-refractivity contribution < 1.29 is 0 Å². The fraction of sp³-hybridized carbons (Fsp3) is 0.0909. The van der Waals surface area contributed by atoms with E-state index in [4.69, 9.17) is 17.3 Å². The molecule has 1 heterocycles. The molecule has 1 aromatic heterocycles. The zero-order chi connectivity index (χ0) is 9.97. The third-order valence-electron chi connectivity index (χ3n) is 2.19. The summed E-state index contributed by atoms with van der Waals surface area (Å²) < 4.78 is 0. The minimum Gasteiger partial charge on any atom is -0.385 e. The van der Waals surface area contributed by atoms with E-state index in [1.807, 2.05) is 18.2 Å². The lowest BCUT2D eigenvalue weighted by Gasteiger charge is -2.01. The minimum absolute atomic E-state index is 0.652. The van der Waals surface area contributed by atoms with E-state index in [9.17, 15) is 0 Å². The van der Waals surface area contributed by atoms with Crippen LogP contribution in [0.4, 0.5) is 5.82 Å². The highest BCUT2D eigenvalue weighted by Gasteiger charge is 2.06. The quantitative estimate of drug-likeness (QED) is 0.780. The van der Waals surface area contributed by atoms with E-state index in [0.29, 0.717) is 10.8 Å². The van der Waals surface area contributed by atoms with Gasteiger partial charge in [0.2, 0.25) is 0 Å². The number of anilines is 1. The first kappa shape index (κ1) is 9.16. The van der Waals surface area contributed by atoms with Crippen LogP contribution in [-0.2, 0) is 6.42 Å². The molecule has 0 fully saturated rings. The van der Waals surface area contributed by atoms with Gasteiger partial charge in [-0.2, -0.15) is 0 Å². The molecule has 3 heteroatoms. The smallest absolute Gasteiger partial charge is 0.105 e. The Morgan fingerprint density at radius 2 is 1.93 bits per heavy atom. The maximum Gasteiger partial charge on any atom is 0.105 e. The van der Waals surface area contributed by atoms with Gasteiger partial charge in [-0.05, 0) is 5.56 Å². The second kappa shape index (κ2) is 3.76. The molecule has 2 aromatic rings. The van der Waals surface area contributed by atoms with Gasteiger partial charge in [-0.15, -0.1) is 0 Å². The lowest BCUT2D eigenvalue weighted by atomic mass is 10.1. The van der Waals surface area contributed by atoms with Crippen molar-refractivity contribution in [1.82, 2.24) is 4.98 Å². The van der Waals surface area contributed by atoms with Crippen molar-refractivity contribution >= 4 is 17.4 Å². The van der Waals surface area contributed by atoms with Gasteiger partial charge >= 0.3 is 0 Å². The molecule has 1 aromatic carbocycles. The molecule has 2 rings (SSSR count). The topological polar surface area (TPSA) is 41.8 Å². The summed E-state index contributed by atoms with van der Waals surface area (Å²) in [6.45, 7) is 0. The van der Waals surface area contributed by atoms with Crippen molar-refractivity contribution in [2.75, 3.05) is 5.73 Å². The fourth-order valence-electron chi connectivity index (χ4n) is 1.42. The largest absolute Gasteiger partial charge is 0.385 e. The zero-order valence-electron chi connectivity index (χ0n) is 7.63. The van der Waals surface area contributed by atoms with Gasteiger partial charge in [-0.1, -0.05) is 41.9 Å². The highest BCUT2D eigenvalue weighted by molar-refractivity contribution is 6.31. The normalized spacial score (nSPS) is 10.4. The lowest BCUT2D eigenvalue weighted by Crippen LogP contribution is -1.93. The van der Waals surface area contributed by atoms with Crippen molar-refractivity contribution in [3.05, 3.63) is 52.7 Å². The van der Waals surface area contributed by atoms with Crippen LogP contribution in [0.3, 0.4) is 0 Å². The Hall–Kier alpha value is -1.41. The molecule has 72 valence electrons. The Morgan fingerprint density at radius 1 is 1.21 bits per heavy atom. The van der Waals surface area contributed by atoms with Crippen LogP contribution in [0, 0.1) is 0 Å². The summed E-state index contributed by atoms with van der Waals surface area (Å²) in [5.41, 5.74) is 7.93. The summed E-state index contributed by atoms with van der Waals surface area (Å²) in [6, 6.07) is 10.1. The molecule has 0 spiro atoms. The summed E-state index contributed by atoms with van der Waals surface area (Å²) in [5.74, 6) is 0.652. The first-order valence-corrected chi connectivity index (χ1v) is 4.80. The molecule has 0 atom stereocenters. The van der Waals surface area contributed by atoms with Crippen LogP contribution in [0.15, 0.2) is 36.5 Å². The average molecular weight is 207 g/mol. The second-order valence-corrected chi connectivity index (χ2v) is 3.60. The van der Waals surface area contributed by atoms with E-state index in [0.717, 1.165) is 12.0 Å². The lowest BCUT2D eigenvalue weighted by molar-refractivity contribution is 1.20. The van der Waals surface area contributed by atoms with E-state index in [1.165, 1.54) is 5.56 Å². The molecule has 0 unspecified atom stereocenters. The summed E-state index contributed by atoms with van der Waals surface area (Å²) in [6.07, 6.45) is 2.49. The number of rotatable bonds is 2. The number of nitrogens with two attached hydrogens (primary N) is 1. The Labute approximate surface area is 87.7 Å². The van der Waals surface area contributed by atoms with Gasteiger partial charge in [0.1, 0.15) is 5.82 Å². The number of nitrogens with one attached hydrogen (secondary N) is 1. The van der Waals surface area contributed by atoms with Crippen molar-refractivity contribution in [2.24, 2.45) is 0 Å². The Morgan fingerprint density at radius 3 is 2.50 bits per heavy atom. The molecule has 0 saturated carbocycles. The predicted molar refractivity (Wildman–Crippen MR) is 59.5 cm³/mol. The number of hydrogen-bond donors (Lipinski definition) is 2. The molecule has 14 heavy (non-hydrogen) atoms. The van der Waals surface area contributed by atoms with Crippen LogP contribution in [0.2, 0.25) is 5.02 Å². The Balaban J connectivity index is 2.27. The van der Waals surface area contributed by atoms with Crippen molar-refractivity contribution in [3.8, 4) is 0 Å². The molecule has 3 N–H and O–H groups in total. The van der Waals surface area contributed by atoms with E-state index in [-0.39, 0.29) is 0 Å². The molecular weight excluding hydrogens is 196 g/mol. The molecular formula is C11H11ClN2. The molecule has 2 nitrogen and oxygen atoms in total. The van der Waals surface area contributed by atoms with Crippen LogP contribution in [-0.4, -0.2) is 4.98 Å². The van der Waals surface area contributed by atoms with Crippen molar-refractivity contribution in [1.29, 1.82) is 0 Å². The number of aromatic amines is 1. The average Bonchev–Trinajstić information content (AvgIpc) is 2.51. The van der Waals surface area contributed by atoms with Crippen molar-refractivity contribution in [3.63, 3.8) is 0 Å². The molecule has 0 aliphatic heterocycles. The highest BCUT2D eigenvalue weighted by Crippen LogP contribution is 2.24. The van der Waals surface area contributed by atoms with Crippen molar-refractivity contribution in [2.45, 2.75) is 6.42 Å². The first-order chi connectivity index (χ1) is 6.77. The summed E-state index contributed by atoms with van der Waals surface area (Å²) >= 11 is 5.98. The molecule has 0 aliphatic rings. The zero-order valence-corrected chi connectivity index (χ0v) is 8.38. The SMILES string of the molecule is Nc1[nH]cc(Cl)c1Cc1ccccc1. The van der Waals surface area contributed by atoms with Gasteiger partial charge in [0.15, 0.2) is 0 Å². The van der Waals surface area contributed by atoms with E-state index in [1.54, 1.807) is 6.20 Å². The van der Waals surface area contributed by atoms with E-state index in [2.05, 4.69) is 17.1 Å². The third kappa shape index (κ3) is 1.75. The van der Waals surface area contributed by atoms with Gasteiger partial charge in [0, 0.05) is 18.2 Å². The second-order valence-electron chi connectivity index (χ2n) is 3.19. The van der Waals surface area contributed by atoms with E-state index >= 15 is 0 Å². The maximum atomic E-state index is 5.98. The summed E-state index contributed by atoms with van der Waals surface area (Å²) in [7, 11) is 0. The van der Waals surface area contributed by atoms with Crippen LogP contribution in [0.25, 0.3) is 0 Å². The number of hydrogen-bond acceptors (Lipinski definition) is 1. The molecule has 0 saturated heterocycles. The molecule has 0 amide bonds. The highest BCUT2D eigenvalue weighted by atomic mass is 35.5. The molecule has 0 bridgehead atoms. The number of benzene rings is 1. The van der Waals surface area contributed by atoms with Gasteiger partial charge in [0.25, 0.3) is 0 Å². The van der Waals surface area contributed by atoms with Crippen LogP contribution in [0.1, 0.15) is 11.1 Å². The molecule has 0 aliphatic carbocycles. The fourth-order valence-corrected chi connectivity index (χ4v) is 1.65. The van der Waals surface area contributed by atoms with Gasteiger partial charge in [-0.25, -0.2) is 0 Å². The summed E-state index contributed by atoms with van der Waals surface area (Å²) in [4.78, 5) is 2.90. The van der Waals surface area contributed by atoms with E-state index < -0.39 is 0 Å². The number of aromatic nitrogens is 1. The maximum absolute atomic E-state index is 5.98. The summed E-state index contributed by atoms with van der Waals surface area (Å²) in [5, 5.41) is 0.700. The minimum atomic E-state index is 0.652. The molecule has 0 radical (unpaired) electrons. The predicted octanol–water partition coefficient (Wildman–Crippen LogP) is 2.84. The monoisotopic (exact) mass is 206 g/mol. The Kier molecular flexibility index (Phi) is 2.46. The Bertz CT molecular complexity index is 401. The number of H-pyrrole nitrogens is 1. The van der Waals surface area contributed by atoms with Gasteiger partial charge in [-0.3, -0.25) is 0 Å². The van der Waals surface area contributed by atoms with Gasteiger partial charge in [0.05, 0.1) is 5.02 Å². The van der Waals surface area contributed by atoms with Crippen LogP contribution < -0.4 is 5.73 Å². The number of halogens is 1. The number of nitrogen functional groups attached to an aromatic ring is 1. The van der Waals surface area contributed by atoms with Gasteiger partial charge < -0.3 is 10.7 Å². The van der Waals surface area contributed by atoms with Crippen LogP contribution in [0.5, 0.6) is 0 Å². The standard InChI is InChI=1S/C11H11ClN2/c12-10-7-14-11(13)9(10)6-8-4-2-1-3-5-8/h1-5,7,14H,6,13H2. The van der Waals surface area contributed by atoms with Crippen LogP contribution >= 0.6 is 11.6 Å². The first-order valence-electron chi connectivity index (χ1n) is 4.42. The third-order valence-corrected chi connectivity index (χ3v) is 2.53.